The average molecular weight is 544 g/mol. The maximum absolute atomic E-state index is 13.5. The zero-order valence-corrected chi connectivity index (χ0v) is 21.9. The summed E-state index contributed by atoms with van der Waals surface area (Å²) in [6.45, 7) is 2.79. The van der Waals surface area contributed by atoms with Crippen molar-refractivity contribution in [2.75, 3.05) is 36.5 Å². The van der Waals surface area contributed by atoms with Gasteiger partial charge in [0.25, 0.3) is 0 Å². The number of hydrogen-bond acceptors (Lipinski definition) is 8. The minimum atomic E-state index is -0.622. The Hall–Kier alpha value is -4.02. The second kappa shape index (κ2) is 11.0. The molecule has 8 nitrogen and oxygen atoms in total. The lowest BCUT2D eigenvalue weighted by atomic mass is 10.2. The van der Waals surface area contributed by atoms with Gasteiger partial charge >= 0.3 is 6.09 Å². The quantitative estimate of drug-likeness (QED) is 0.308. The van der Waals surface area contributed by atoms with Crippen LogP contribution in [0.3, 0.4) is 0 Å². The van der Waals surface area contributed by atoms with E-state index in [4.69, 9.17) is 19.4 Å². The number of aromatic nitrogens is 3. The van der Waals surface area contributed by atoms with Crippen LogP contribution >= 0.6 is 11.8 Å². The number of amides is 1. The van der Waals surface area contributed by atoms with E-state index in [1.54, 1.807) is 48.3 Å². The van der Waals surface area contributed by atoms with Crippen molar-refractivity contribution in [3.63, 3.8) is 0 Å². The second-order valence-electron chi connectivity index (χ2n) is 9.34. The number of carbonyl (C=O) groups excluding carboxylic acids is 1. The van der Waals surface area contributed by atoms with E-state index in [2.05, 4.69) is 21.3 Å². The zero-order chi connectivity index (χ0) is 26.7. The van der Waals surface area contributed by atoms with E-state index in [-0.39, 0.29) is 10.6 Å². The summed E-state index contributed by atoms with van der Waals surface area (Å²) < 4.78 is 24.1. The maximum atomic E-state index is 13.5. The number of thioether (sulfide) groups is 1. The third-order valence-electron chi connectivity index (χ3n) is 6.55. The van der Waals surface area contributed by atoms with Gasteiger partial charge in [-0.05, 0) is 61.4 Å². The fourth-order valence-electron chi connectivity index (χ4n) is 4.33. The molecule has 1 amide bonds. The highest BCUT2D eigenvalue weighted by atomic mass is 32.2. The lowest BCUT2D eigenvalue weighted by molar-refractivity contribution is 0.122. The van der Waals surface area contributed by atoms with Crippen LogP contribution in [-0.4, -0.2) is 47.3 Å². The van der Waals surface area contributed by atoms with Gasteiger partial charge < -0.3 is 14.4 Å². The Morgan fingerprint density at radius 1 is 1.00 bits per heavy atom. The number of benzene rings is 2. The Morgan fingerprint density at radius 3 is 2.46 bits per heavy atom. The van der Waals surface area contributed by atoms with Gasteiger partial charge in [-0.1, -0.05) is 18.2 Å². The normalized spacial score (nSPS) is 16.0. The van der Waals surface area contributed by atoms with Gasteiger partial charge in [0.2, 0.25) is 0 Å². The summed E-state index contributed by atoms with van der Waals surface area (Å²) in [4.78, 5) is 29.7. The van der Waals surface area contributed by atoms with Crippen molar-refractivity contribution < 1.29 is 18.7 Å². The van der Waals surface area contributed by atoms with Gasteiger partial charge in [-0.3, -0.25) is 5.32 Å². The Balaban J connectivity index is 1.26. The van der Waals surface area contributed by atoms with E-state index in [0.717, 1.165) is 47.9 Å². The van der Waals surface area contributed by atoms with Crippen molar-refractivity contribution in [1.29, 1.82) is 0 Å². The molecule has 1 saturated heterocycles. The molecule has 4 aromatic rings. The van der Waals surface area contributed by atoms with E-state index in [1.165, 1.54) is 12.1 Å². The molecule has 2 fully saturated rings. The Labute approximate surface area is 229 Å². The number of para-hydroxylation sites is 1. The molecule has 0 spiro atoms. The van der Waals surface area contributed by atoms with E-state index < -0.39 is 6.09 Å². The minimum Gasteiger partial charge on any atom is -0.410 e. The van der Waals surface area contributed by atoms with Crippen molar-refractivity contribution in [1.82, 2.24) is 15.0 Å². The molecule has 2 aromatic carbocycles. The van der Waals surface area contributed by atoms with E-state index in [9.17, 15) is 9.18 Å². The fourth-order valence-corrected chi connectivity index (χ4v) is 5.57. The molecule has 0 atom stereocenters. The number of hydrogen-bond donors (Lipinski definition) is 1. The van der Waals surface area contributed by atoms with Crippen LogP contribution < -0.4 is 15.0 Å². The van der Waals surface area contributed by atoms with Gasteiger partial charge in [-0.15, -0.1) is 11.8 Å². The van der Waals surface area contributed by atoms with Crippen molar-refractivity contribution in [3.8, 4) is 17.1 Å². The molecule has 10 heteroatoms. The molecule has 6 rings (SSSR count). The van der Waals surface area contributed by atoms with Gasteiger partial charge in [-0.2, -0.15) is 0 Å². The van der Waals surface area contributed by atoms with Crippen molar-refractivity contribution >= 4 is 29.5 Å². The molecule has 2 aliphatic rings. The number of rotatable bonds is 7. The highest BCUT2D eigenvalue weighted by Crippen LogP contribution is 2.59. The monoisotopic (exact) mass is 543 g/mol. The van der Waals surface area contributed by atoms with Crippen LogP contribution in [0, 0.1) is 5.82 Å². The van der Waals surface area contributed by atoms with Crippen LogP contribution in [0.15, 0.2) is 83.9 Å². The molecule has 1 N–H and O–H groups in total. The Kier molecular flexibility index (Phi) is 7.12. The van der Waals surface area contributed by atoms with Crippen LogP contribution in [0.2, 0.25) is 0 Å². The molecule has 39 heavy (non-hydrogen) atoms. The summed E-state index contributed by atoms with van der Waals surface area (Å²) in [5.74, 6) is 1.96. The molecule has 0 unspecified atom stereocenters. The summed E-state index contributed by atoms with van der Waals surface area (Å²) in [6, 6.07) is 21.0. The SMILES string of the molecule is O=C(Nc1ccc(-c2nc(N3CCOCC3)cc(C3(Sc4ccc(F)cc4)CC3)n2)cn1)Oc1ccccc1. The number of ether oxygens (including phenoxy) is 2. The topological polar surface area (TPSA) is 89.5 Å². The molecule has 2 aromatic heterocycles. The number of anilines is 2. The minimum absolute atomic E-state index is 0.188. The number of carbonyl (C=O) groups is 1. The largest absolute Gasteiger partial charge is 0.418 e. The van der Waals surface area contributed by atoms with Gasteiger partial charge in [0.1, 0.15) is 23.2 Å². The van der Waals surface area contributed by atoms with Gasteiger partial charge in [0, 0.05) is 35.8 Å². The van der Waals surface area contributed by atoms with Crippen LogP contribution in [0.1, 0.15) is 18.5 Å². The standard InChI is InChI=1S/C29H26FN5O3S/c30-21-7-9-23(10-8-21)39-29(12-13-29)24-18-26(35-14-16-37-17-15-35)34-27(32-24)20-6-11-25(31-19-20)33-28(36)38-22-4-2-1-3-5-22/h1-11,18-19H,12-17H2,(H,31,33,36). The molecule has 0 radical (unpaired) electrons. The van der Waals surface area contributed by atoms with Crippen LogP contribution in [0.4, 0.5) is 20.8 Å². The molecule has 0 bridgehead atoms. The van der Waals surface area contributed by atoms with Gasteiger partial charge in [0.15, 0.2) is 5.82 Å². The molecule has 1 aliphatic heterocycles. The molecular formula is C29H26FN5O3S. The first-order chi connectivity index (χ1) is 19.1. The molecule has 3 heterocycles. The van der Waals surface area contributed by atoms with E-state index in [0.29, 0.717) is 30.6 Å². The van der Waals surface area contributed by atoms with Crippen LogP contribution in [0.5, 0.6) is 5.75 Å². The molecule has 198 valence electrons. The number of nitrogens with zero attached hydrogens (tertiary/aromatic N) is 4. The maximum Gasteiger partial charge on any atom is 0.418 e. The average Bonchev–Trinajstić information content (AvgIpc) is 3.76. The second-order valence-corrected chi connectivity index (χ2v) is 10.8. The summed E-state index contributed by atoms with van der Waals surface area (Å²) in [6.07, 6.45) is 2.97. The van der Waals surface area contributed by atoms with Crippen molar-refractivity contribution in [3.05, 3.63) is 90.5 Å². The van der Waals surface area contributed by atoms with Crippen molar-refractivity contribution in [2.24, 2.45) is 0 Å². The van der Waals surface area contributed by atoms with Crippen molar-refractivity contribution in [2.45, 2.75) is 22.5 Å². The summed E-state index contributed by atoms with van der Waals surface area (Å²) >= 11 is 1.71. The van der Waals surface area contributed by atoms with Crippen LogP contribution in [0.25, 0.3) is 11.4 Å². The predicted molar refractivity (Wildman–Crippen MR) is 148 cm³/mol. The lowest BCUT2D eigenvalue weighted by Crippen LogP contribution is -2.37. The first-order valence-electron chi connectivity index (χ1n) is 12.7. The highest BCUT2D eigenvalue weighted by molar-refractivity contribution is 8.00. The predicted octanol–water partition coefficient (Wildman–Crippen LogP) is 5.91. The van der Waals surface area contributed by atoms with Crippen LogP contribution in [-0.2, 0) is 9.48 Å². The zero-order valence-electron chi connectivity index (χ0n) is 21.0. The van der Waals surface area contributed by atoms with Gasteiger partial charge in [0.05, 0.1) is 23.7 Å². The molecule has 1 saturated carbocycles. The summed E-state index contributed by atoms with van der Waals surface area (Å²) in [5, 5.41) is 2.64. The first kappa shape index (κ1) is 25.3. The smallest absolute Gasteiger partial charge is 0.410 e. The van der Waals surface area contributed by atoms with E-state index in [1.807, 2.05) is 24.3 Å². The van der Waals surface area contributed by atoms with E-state index >= 15 is 0 Å². The lowest BCUT2D eigenvalue weighted by Gasteiger charge is -2.29. The third-order valence-corrected chi connectivity index (χ3v) is 8.07. The Morgan fingerprint density at radius 2 is 1.77 bits per heavy atom. The highest BCUT2D eigenvalue weighted by Gasteiger charge is 2.47. The van der Waals surface area contributed by atoms with Gasteiger partial charge in [-0.25, -0.2) is 24.1 Å². The molecular weight excluding hydrogens is 517 g/mol. The molecule has 1 aliphatic carbocycles. The number of pyridine rings is 1. The fraction of sp³-hybridized carbons (Fsp3) is 0.241. The first-order valence-corrected chi connectivity index (χ1v) is 13.6. The number of morpholine rings is 1. The Bertz CT molecular complexity index is 1440. The summed E-state index contributed by atoms with van der Waals surface area (Å²) in [5.41, 5.74) is 1.67. The summed E-state index contributed by atoms with van der Waals surface area (Å²) in [7, 11) is 0. The number of nitrogens with one attached hydrogen (secondary N) is 1. The number of halogens is 1. The third kappa shape index (κ3) is 6.02.